The molecule has 2 N–H and O–H groups in total. The molecule has 0 unspecified atom stereocenters. The Morgan fingerprint density at radius 3 is 2.67 bits per heavy atom. The minimum atomic E-state index is -0.269. The van der Waals surface area contributed by atoms with E-state index in [4.69, 9.17) is 23.2 Å². The number of halogens is 2. The summed E-state index contributed by atoms with van der Waals surface area (Å²) in [7, 11) is 0. The molecule has 0 bridgehead atoms. The Morgan fingerprint density at radius 2 is 2.00 bits per heavy atom. The van der Waals surface area contributed by atoms with Crippen molar-refractivity contribution in [3.05, 3.63) is 28.2 Å². The van der Waals surface area contributed by atoms with Gasteiger partial charge in [-0.05, 0) is 50.6 Å². The van der Waals surface area contributed by atoms with Crippen LogP contribution in [-0.2, 0) is 9.59 Å². The molecule has 0 atom stereocenters. The molecule has 1 aliphatic heterocycles. The van der Waals surface area contributed by atoms with Crippen molar-refractivity contribution in [3.8, 4) is 0 Å². The van der Waals surface area contributed by atoms with E-state index >= 15 is 0 Å². The number of hydrogen-bond acceptors (Lipinski definition) is 3. The number of nitrogens with zero attached hydrogens (tertiary/aromatic N) is 1. The summed E-state index contributed by atoms with van der Waals surface area (Å²) in [5.74, 6) is -0.207. The molecule has 7 heteroatoms. The molecule has 0 aliphatic carbocycles. The van der Waals surface area contributed by atoms with Crippen LogP contribution in [-0.4, -0.2) is 42.9 Å². The lowest BCUT2D eigenvalue weighted by atomic mass is 9.96. The molecule has 1 aromatic rings. The highest BCUT2D eigenvalue weighted by molar-refractivity contribution is 6.35. The summed E-state index contributed by atoms with van der Waals surface area (Å²) < 4.78 is 0. The monoisotopic (exact) mass is 371 g/mol. The molecule has 0 aromatic heterocycles. The van der Waals surface area contributed by atoms with Gasteiger partial charge in [0.25, 0.3) is 0 Å². The molecule has 1 fully saturated rings. The Balaban J connectivity index is 1.99. The Labute approximate surface area is 152 Å². The van der Waals surface area contributed by atoms with E-state index in [1.807, 2.05) is 6.92 Å². The maximum absolute atomic E-state index is 12.7. The first-order valence-corrected chi connectivity index (χ1v) is 9.01. The zero-order chi connectivity index (χ0) is 17.5. The smallest absolute Gasteiger partial charge is 0.244 e. The third-order valence-corrected chi connectivity index (χ3v) is 4.60. The van der Waals surface area contributed by atoms with Crippen molar-refractivity contribution >= 4 is 40.7 Å². The van der Waals surface area contributed by atoms with Crippen LogP contribution in [0.2, 0.25) is 10.0 Å². The first kappa shape index (κ1) is 19.0. The number of carbonyl (C=O) groups excluding carboxylic acids is 2. The van der Waals surface area contributed by atoms with Crippen LogP contribution in [0, 0.1) is 5.92 Å². The highest BCUT2D eigenvalue weighted by Crippen LogP contribution is 2.25. The molecule has 1 heterocycles. The van der Waals surface area contributed by atoms with Crippen molar-refractivity contribution in [2.24, 2.45) is 5.92 Å². The van der Waals surface area contributed by atoms with E-state index in [2.05, 4.69) is 10.6 Å². The van der Waals surface area contributed by atoms with Gasteiger partial charge in [-0.15, -0.1) is 0 Å². The van der Waals surface area contributed by atoms with Crippen molar-refractivity contribution in [3.63, 3.8) is 0 Å². The standard InChI is InChI=1S/C17H23Cl2N3O2/c1-2-9-22(17(24)12-5-7-20-8-6-12)11-16(23)21-15-10-13(18)3-4-14(15)19/h3-4,10,12,20H,2,5-9,11H2,1H3,(H,21,23). The first-order chi connectivity index (χ1) is 11.5. The number of hydrogen-bond donors (Lipinski definition) is 2. The van der Waals surface area contributed by atoms with E-state index in [1.165, 1.54) is 0 Å². The van der Waals surface area contributed by atoms with Gasteiger partial charge < -0.3 is 15.5 Å². The van der Waals surface area contributed by atoms with Crippen LogP contribution in [0.25, 0.3) is 0 Å². The average Bonchev–Trinajstić information content (AvgIpc) is 2.58. The number of benzene rings is 1. The summed E-state index contributed by atoms with van der Waals surface area (Å²) in [6, 6.07) is 4.88. The lowest BCUT2D eigenvalue weighted by Gasteiger charge is -2.29. The highest BCUT2D eigenvalue weighted by Gasteiger charge is 2.26. The normalized spacial score (nSPS) is 15.1. The van der Waals surface area contributed by atoms with Gasteiger partial charge in [-0.1, -0.05) is 30.1 Å². The number of carbonyl (C=O) groups is 2. The summed E-state index contributed by atoms with van der Waals surface area (Å²) in [4.78, 5) is 26.6. The van der Waals surface area contributed by atoms with Crippen molar-refractivity contribution < 1.29 is 9.59 Å². The molecule has 1 aromatic carbocycles. The third kappa shape index (κ3) is 5.36. The maximum Gasteiger partial charge on any atom is 0.244 e. The van der Waals surface area contributed by atoms with Crippen molar-refractivity contribution in [2.45, 2.75) is 26.2 Å². The van der Waals surface area contributed by atoms with Crippen LogP contribution >= 0.6 is 23.2 Å². The molecule has 5 nitrogen and oxygen atoms in total. The minimum Gasteiger partial charge on any atom is -0.333 e. The van der Waals surface area contributed by atoms with Gasteiger partial charge in [-0.3, -0.25) is 9.59 Å². The summed E-state index contributed by atoms with van der Waals surface area (Å²) in [6.45, 7) is 4.29. The van der Waals surface area contributed by atoms with E-state index in [1.54, 1.807) is 23.1 Å². The number of piperidine rings is 1. The van der Waals surface area contributed by atoms with E-state index < -0.39 is 0 Å². The lowest BCUT2D eigenvalue weighted by molar-refractivity contribution is -0.139. The third-order valence-electron chi connectivity index (χ3n) is 4.03. The van der Waals surface area contributed by atoms with Gasteiger partial charge in [-0.25, -0.2) is 0 Å². The van der Waals surface area contributed by atoms with Crippen molar-refractivity contribution in [1.29, 1.82) is 0 Å². The second-order valence-electron chi connectivity index (χ2n) is 5.96. The predicted molar refractivity (Wildman–Crippen MR) is 97.6 cm³/mol. The van der Waals surface area contributed by atoms with Gasteiger partial charge in [0.15, 0.2) is 0 Å². The molecule has 132 valence electrons. The maximum atomic E-state index is 12.7. The zero-order valence-electron chi connectivity index (χ0n) is 13.8. The predicted octanol–water partition coefficient (Wildman–Crippen LogP) is 3.17. The van der Waals surface area contributed by atoms with Crippen LogP contribution < -0.4 is 10.6 Å². The van der Waals surface area contributed by atoms with Gasteiger partial charge in [0.2, 0.25) is 11.8 Å². The van der Waals surface area contributed by atoms with E-state index in [9.17, 15) is 9.59 Å². The Kier molecular flexibility index (Phi) is 7.34. The van der Waals surface area contributed by atoms with Gasteiger partial charge in [0, 0.05) is 17.5 Å². The SMILES string of the molecule is CCCN(CC(=O)Nc1cc(Cl)ccc1Cl)C(=O)C1CCNCC1. The highest BCUT2D eigenvalue weighted by atomic mass is 35.5. The zero-order valence-corrected chi connectivity index (χ0v) is 15.3. The largest absolute Gasteiger partial charge is 0.333 e. The molecule has 2 amide bonds. The molecular formula is C17H23Cl2N3O2. The van der Waals surface area contributed by atoms with Crippen LogP contribution in [0.1, 0.15) is 26.2 Å². The fourth-order valence-electron chi connectivity index (χ4n) is 2.82. The van der Waals surface area contributed by atoms with Crippen LogP contribution in [0.5, 0.6) is 0 Å². The van der Waals surface area contributed by atoms with Gasteiger partial charge >= 0.3 is 0 Å². The number of nitrogens with one attached hydrogen (secondary N) is 2. The molecule has 1 aliphatic rings. The number of rotatable bonds is 6. The van der Waals surface area contributed by atoms with Crippen LogP contribution in [0.4, 0.5) is 5.69 Å². The molecular weight excluding hydrogens is 349 g/mol. The Morgan fingerprint density at radius 1 is 1.29 bits per heavy atom. The summed E-state index contributed by atoms with van der Waals surface area (Å²) in [5, 5.41) is 6.89. The van der Waals surface area contributed by atoms with Crippen molar-refractivity contribution in [2.75, 3.05) is 31.5 Å². The summed E-state index contributed by atoms with van der Waals surface area (Å²) in [6.07, 6.45) is 2.45. The molecule has 2 rings (SSSR count). The molecule has 24 heavy (non-hydrogen) atoms. The van der Waals surface area contributed by atoms with Crippen LogP contribution in [0.15, 0.2) is 18.2 Å². The number of amides is 2. The minimum absolute atomic E-state index is 0.000331. The van der Waals surface area contributed by atoms with Crippen LogP contribution in [0.3, 0.4) is 0 Å². The van der Waals surface area contributed by atoms with Gasteiger partial charge in [0.05, 0.1) is 17.3 Å². The second-order valence-corrected chi connectivity index (χ2v) is 6.80. The first-order valence-electron chi connectivity index (χ1n) is 8.25. The molecule has 0 saturated carbocycles. The number of anilines is 1. The van der Waals surface area contributed by atoms with E-state index in [-0.39, 0.29) is 24.3 Å². The fraction of sp³-hybridized carbons (Fsp3) is 0.529. The van der Waals surface area contributed by atoms with Gasteiger partial charge in [0.1, 0.15) is 0 Å². The van der Waals surface area contributed by atoms with E-state index in [0.29, 0.717) is 22.3 Å². The Bertz CT molecular complexity index is 589. The van der Waals surface area contributed by atoms with Crippen molar-refractivity contribution in [1.82, 2.24) is 10.2 Å². The quantitative estimate of drug-likeness (QED) is 0.806. The van der Waals surface area contributed by atoms with E-state index in [0.717, 1.165) is 32.4 Å². The molecule has 0 spiro atoms. The van der Waals surface area contributed by atoms with Gasteiger partial charge in [-0.2, -0.15) is 0 Å². The topological polar surface area (TPSA) is 61.4 Å². The Hall–Kier alpha value is -1.30. The lowest BCUT2D eigenvalue weighted by Crippen LogP contribution is -2.44. The second kappa shape index (κ2) is 9.25. The summed E-state index contributed by atoms with van der Waals surface area (Å²) >= 11 is 12.0. The molecule has 0 radical (unpaired) electrons. The average molecular weight is 372 g/mol. The fourth-order valence-corrected chi connectivity index (χ4v) is 3.16. The molecule has 1 saturated heterocycles. The summed E-state index contributed by atoms with van der Waals surface area (Å²) in [5.41, 5.74) is 0.458.